The van der Waals surface area contributed by atoms with Crippen LogP contribution in [0.2, 0.25) is 0 Å². The zero-order valence-corrected chi connectivity index (χ0v) is 24.4. The topological polar surface area (TPSA) is 101 Å². The molecule has 4 N–H and O–H groups in total. The first-order valence-corrected chi connectivity index (χ1v) is 16.1. The average Bonchev–Trinajstić information content (AvgIpc) is 3.60. The Bertz CT molecular complexity index is 915. The summed E-state index contributed by atoms with van der Waals surface area (Å²) >= 11 is 0. The summed E-state index contributed by atoms with van der Waals surface area (Å²) in [7, 11) is 0. The number of piperidine rings is 1. The first-order chi connectivity index (χ1) is 19.9. The van der Waals surface area contributed by atoms with E-state index in [-0.39, 0.29) is 36.4 Å². The van der Waals surface area contributed by atoms with Crippen molar-refractivity contribution in [2.45, 2.75) is 108 Å². The number of nitrogens with one attached hydrogen (secondary N) is 4. The molecular weight excluding hydrogens is 532 g/mol. The Labute approximate surface area is 242 Å². The summed E-state index contributed by atoms with van der Waals surface area (Å²) in [5, 5.41) is 14.2. The fourth-order valence-electron chi connectivity index (χ4n) is 8.74. The lowest BCUT2D eigenvalue weighted by Crippen LogP contribution is -2.67. The lowest BCUT2D eigenvalue weighted by Gasteiger charge is -2.45. The number of hydrogen-bond acceptors (Lipinski definition) is 7. The average molecular weight is 582 g/mol. The molecule has 3 amide bonds. The molecule has 6 rings (SSSR count). The zero-order valence-electron chi connectivity index (χ0n) is 24.4. The Morgan fingerprint density at radius 3 is 2.44 bits per heavy atom. The summed E-state index contributed by atoms with van der Waals surface area (Å²) in [4.78, 5) is 32.1. The molecule has 232 valence electrons. The van der Waals surface area contributed by atoms with E-state index >= 15 is 0 Å². The van der Waals surface area contributed by atoms with Gasteiger partial charge in [0.05, 0.1) is 18.4 Å². The van der Waals surface area contributed by atoms with E-state index in [1.807, 2.05) is 4.90 Å². The van der Waals surface area contributed by atoms with Crippen LogP contribution in [0.1, 0.15) is 64.7 Å². The van der Waals surface area contributed by atoms with Gasteiger partial charge < -0.3 is 19.9 Å². The van der Waals surface area contributed by atoms with E-state index in [9.17, 15) is 18.4 Å². The molecule has 2 aliphatic carbocycles. The molecule has 6 fully saturated rings. The van der Waals surface area contributed by atoms with Gasteiger partial charge in [-0.15, -0.1) is 0 Å². The molecule has 0 radical (unpaired) electrons. The second-order valence-electron chi connectivity index (χ2n) is 13.3. The molecule has 41 heavy (non-hydrogen) atoms. The van der Waals surface area contributed by atoms with Gasteiger partial charge >= 0.3 is 12.6 Å². The normalized spacial score (nSPS) is 39.3. The molecule has 0 aromatic carbocycles. The fourth-order valence-corrected chi connectivity index (χ4v) is 8.74. The van der Waals surface area contributed by atoms with Gasteiger partial charge in [0.1, 0.15) is 0 Å². The predicted molar refractivity (Wildman–Crippen MR) is 150 cm³/mol. The Morgan fingerprint density at radius 1 is 0.976 bits per heavy atom. The number of urea groups is 1. The van der Waals surface area contributed by atoms with Crippen LogP contribution in [-0.4, -0.2) is 116 Å². The quantitative estimate of drug-likeness (QED) is 0.363. The summed E-state index contributed by atoms with van der Waals surface area (Å²) in [6.45, 7) is 5.40. The maximum Gasteiger partial charge on any atom is 0.345 e. The smallest absolute Gasteiger partial charge is 0.342 e. The molecule has 10 nitrogen and oxygen atoms in total. The Morgan fingerprint density at radius 2 is 1.76 bits per heavy atom. The molecule has 6 unspecified atom stereocenters. The van der Waals surface area contributed by atoms with Crippen molar-refractivity contribution in [3.05, 3.63) is 0 Å². The van der Waals surface area contributed by atoms with Gasteiger partial charge in [-0.3, -0.25) is 25.6 Å². The SMILES string of the molecule is CC1CC(NC2NCCN3C(C4CCC(OC(F)F)CC4)CNC23)CCC1C(=O)N1CCC(N2CCNC2=O)CC1. The van der Waals surface area contributed by atoms with E-state index in [2.05, 4.69) is 38.0 Å². The lowest BCUT2D eigenvalue weighted by atomic mass is 9.76. The van der Waals surface area contributed by atoms with Gasteiger partial charge in [-0.25, -0.2) is 4.79 Å². The number of alkyl halides is 2. The molecular formula is C29H49F2N7O3. The molecule has 6 aliphatic rings. The molecule has 12 heteroatoms. The van der Waals surface area contributed by atoms with Crippen LogP contribution in [0, 0.1) is 17.8 Å². The Balaban J connectivity index is 0.959. The number of likely N-dealkylation sites (tertiary alicyclic amines) is 1. The highest BCUT2D eigenvalue weighted by atomic mass is 19.3. The maximum atomic E-state index is 13.5. The third-order valence-electron chi connectivity index (χ3n) is 10.9. The van der Waals surface area contributed by atoms with Gasteiger partial charge in [-0.1, -0.05) is 6.92 Å². The van der Waals surface area contributed by atoms with Crippen molar-refractivity contribution in [2.24, 2.45) is 17.8 Å². The van der Waals surface area contributed by atoms with Gasteiger partial charge in [0.25, 0.3) is 0 Å². The highest BCUT2D eigenvalue weighted by molar-refractivity contribution is 5.79. The van der Waals surface area contributed by atoms with Crippen molar-refractivity contribution in [3.8, 4) is 0 Å². The van der Waals surface area contributed by atoms with Gasteiger partial charge in [-0.2, -0.15) is 8.78 Å². The van der Waals surface area contributed by atoms with E-state index in [1.165, 1.54) is 0 Å². The number of nitrogens with zero attached hydrogens (tertiary/aromatic N) is 3. The van der Waals surface area contributed by atoms with Crippen LogP contribution >= 0.6 is 0 Å². The summed E-state index contributed by atoms with van der Waals surface area (Å²) in [6.07, 6.45) is 8.03. The van der Waals surface area contributed by atoms with Crippen LogP contribution < -0.4 is 21.3 Å². The largest absolute Gasteiger partial charge is 0.345 e. The minimum atomic E-state index is -2.67. The molecule has 0 spiro atoms. The number of ether oxygens (including phenoxy) is 1. The minimum Gasteiger partial charge on any atom is -0.342 e. The first-order valence-electron chi connectivity index (χ1n) is 16.1. The molecule has 2 saturated carbocycles. The second kappa shape index (κ2) is 13.0. The highest BCUT2D eigenvalue weighted by Gasteiger charge is 2.45. The van der Waals surface area contributed by atoms with Gasteiger partial charge in [0.15, 0.2) is 0 Å². The van der Waals surface area contributed by atoms with E-state index in [0.29, 0.717) is 29.8 Å². The summed E-state index contributed by atoms with van der Waals surface area (Å²) in [5.74, 6) is 1.22. The van der Waals surface area contributed by atoms with E-state index in [1.54, 1.807) is 0 Å². The number of halogens is 2. The molecule has 4 heterocycles. The van der Waals surface area contributed by atoms with E-state index < -0.39 is 6.61 Å². The van der Waals surface area contributed by atoms with Crippen molar-refractivity contribution in [3.63, 3.8) is 0 Å². The molecule has 6 atom stereocenters. The van der Waals surface area contributed by atoms with E-state index in [4.69, 9.17) is 4.74 Å². The molecule has 4 aliphatic heterocycles. The summed E-state index contributed by atoms with van der Waals surface area (Å²) in [6, 6.07) is 1.10. The van der Waals surface area contributed by atoms with Crippen molar-refractivity contribution < 1.29 is 23.1 Å². The molecule has 0 aromatic rings. The van der Waals surface area contributed by atoms with Crippen LogP contribution in [0.15, 0.2) is 0 Å². The van der Waals surface area contributed by atoms with Crippen molar-refractivity contribution in [1.29, 1.82) is 0 Å². The first kappa shape index (κ1) is 29.5. The molecule has 0 bridgehead atoms. The van der Waals surface area contributed by atoms with Crippen molar-refractivity contribution >= 4 is 11.9 Å². The van der Waals surface area contributed by atoms with Crippen molar-refractivity contribution in [2.75, 3.05) is 45.8 Å². The van der Waals surface area contributed by atoms with Gasteiger partial charge in [0, 0.05) is 69.9 Å². The number of carbonyl (C=O) groups excluding carboxylic acids is 2. The fraction of sp³-hybridized carbons (Fsp3) is 0.931. The Hall–Kier alpha value is -1.60. The van der Waals surface area contributed by atoms with Crippen LogP contribution in [0.25, 0.3) is 0 Å². The van der Waals surface area contributed by atoms with Crippen LogP contribution in [0.3, 0.4) is 0 Å². The second-order valence-corrected chi connectivity index (χ2v) is 13.3. The minimum absolute atomic E-state index is 0.0398. The van der Waals surface area contributed by atoms with E-state index in [0.717, 1.165) is 104 Å². The number of piperazine rings is 1. The Kier molecular flexibility index (Phi) is 9.31. The third-order valence-corrected chi connectivity index (χ3v) is 10.9. The van der Waals surface area contributed by atoms with Crippen LogP contribution in [0.5, 0.6) is 0 Å². The molecule has 0 aromatic heterocycles. The van der Waals surface area contributed by atoms with Gasteiger partial charge in [-0.05, 0) is 69.6 Å². The number of rotatable bonds is 7. The zero-order chi connectivity index (χ0) is 28.5. The third kappa shape index (κ3) is 6.51. The monoisotopic (exact) mass is 581 g/mol. The van der Waals surface area contributed by atoms with Gasteiger partial charge in [0.2, 0.25) is 5.91 Å². The maximum absolute atomic E-state index is 13.5. The predicted octanol–water partition coefficient (Wildman–Crippen LogP) is 1.72. The summed E-state index contributed by atoms with van der Waals surface area (Å²) in [5.41, 5.74) is 0. The highest BCUT2D eigenvalue weighted by Crippen LogP contribution is 2.36. The number of fused-ring (bicyclic) bond motifs is 1. The number of amides is 3. The lowest BCUT2D eigenvalue weighted by molar-refractivity contribution is -0.172. The van der Waals surface area contributed by atoms with Crippen LogP contribution in [0.4, 0.5) is 13.6 Å². The number of hydrogen-bond donors (Lipinski definition) is 4. The molecule has 4 saturated heterocycles. The number of carbonyl (C=O) groups is 2. The summed E-state index contributed by atoms with van der Waals surface area (Å²) < 4.78 is 30.0. The van der Waals surface area contributed by atoms with Crippen molar-refractivity contribution in [1.82, 2.24) is 36.0 Å². The van der Waals surface area contributed by atoms with Crippen LogP contribution in [-0.2, 0) is 9.53 Å². The standard InChI is InChI=1S/C29H49F2N7O3/c1-18-16-20(4-7-23(18)27(39)36-12-8-21(9-13-36)37-14-11-33-29(37)40)35-25-26-34-17-24(38(26)15-10-32-25)19-2-5-22(6-3-19)41-28(30)31/h18-26,28,32,34-35H,2-17H2,1H3,(H,33,40).